The molecule has 0 aromatic carbocycles. The summed E-state index contributed by atoms with van der Waals surface area (Å²) in [6, 6.07) is 0. The zero-order chi connectivity index (χ0) is 14.1. The molecule has 1 unspecified atom stereocenters. The van der Waals surface area contributed by atoms with Crippen LogP contribution >= 0.6 is 0 Å². The van der Waals surface area contributed by atoms with Crippen LogP contribution in [-0.2, 0) is 9.47 Å². The molecule has 0 bridgehead atoms. The smallest absolute Gasteiger partial charge is 0.102 e. The molecule has 1 aliphatic rings. The molecule has 3 atom stereocenters. The Labute approximate surface area is 117 Å². The molecular weight excluding hydrogens is 240 g/mol. The molecule has 0 aromatic heterocycles. The van der Waals surface area contributed by atoms with E-state index in [9.17, 15) is 5.11 Å². The van der Waals surface area contributed by atoms with Gasteiger partial charge in [-0.3, -0.25) is 0 Å². The Bertz CT molecular complexity index is 296. The minimum atomic E-state index is -0.515. The molecule has 0 saturated heterocycles. The minimum Gasteiger partial charge on any atom is -0.389 e. The van der Waals surface area contributed by atoms with Crippen molar-refractivity contribution in [2.75, 3.05) is 20.3 Å². The van der Waals surface area contributed by atoms with Crippen LogP contribution in [0.4, 0.5) is 0 Å². The van der Waals surface area contributed by atoms with Crippen LogP contribution in [0.1, 0.15) is 39.5 Å². The quantitative estimate of drug-likeness (QED) is 0.743. The van der Waals surface area contributed by atoms with E-state index in [2.05, 4.69) is 12.2 Å². The lowest BCUT2D eigenvalue weighted by atomic mass is 9.96. The average molecular weight is 268 g/mol. The number of allylic oxidation sites excluding steroid dienone is 1. The van der Waals surface area contributed by atoms with Crippen molar-refractivity contribution in [2.24, 2.45) is 5.92 Å². The summed E-state index contributed by atoms with van der Waals surface area (Å²) in [6.07, 6.45) is 9.95. The second-order valence-electron chi connectivity index (χ2n) is 5.39. The fourth-order valence-electron chi connectivity index (χ4n) is 2.33. The van der Waals surface area contributed by atoms with E-state index in [-0.39, 0.29) is 12.0 Å². The number of aliphatic hydroxyl groups is 1. The second-order valence-corrected chi connectivity index (χ2v) is 5.39. The topological polar surface area (TPSA) is 38.7 Å². The van der Waals surface area contributed by atoms with Gasteiger partial charge in [-0.05, 0) is 26.2 Å². The number of methoxy groups -OCH3 is 1. The first-order valence-electron chi connectivity index (χ1n) is 7.27. The largest absolute Gasteiger partial charge is 0.389 e. The van der Waals surface area contributed by atoms with Crippen molar-refractivity contribution in [1.29, 1.82) is 0 Å². The van der Waals surface area contributed by atoms with Gasteiger partial charge in [-0.1, -0.05) is 37.1 Å². The van der Waals surface area contributed by atoms with Gasteiger partial charge in [0.25, 0.3) is 0 Å². The lowest BCUT2D eigenvalue weighted by molar-refractivity contribution is -0.00204. The van der Waals surface area contributed by atoms with E-state index in [1.165, 1.54) is 12.0 Å². The van der Waals surface area contributed by atoms with E-state index < -0.39 is 6.10 Å². The molecule has 3 nitrogen and oxygen atoms in total. The Balaban J connectivity index is 2.71. The lowest BCUT2D eigenvalue weighted by Gasteiger charge is -2.23. The van der Waals surface area contributed by atoms with Crippen molar-refractivity contribution in [3.63, 3.8) is 0 Å². The van der Waals surface area contributed by atoms with Gasteiger partial charge in [-0.15, -0.1) is 0 Å². The highest BCUT2D eigenvalue weighted by atomic mass is 16.5. The van der Waals surface area contributed by atoms with E-state index in [0.717, 1.165) is 25.9 Å². The lowest BCUT2D eigenvalue weighted by Crippen LogP contribution is -2.31. The third-order valence-electron chi connectivity index (χ3n) is 3.51. The first-order valence-corrected chi connectivity index (χ1v) is 7.27. The molecule has 0 fully saturated rings. The third kappa shape index (κ3) is 6.37. The molecule has 1 rings (SSSR count). The Morgan fingerprint density at radius 2 is 2.11 bits per heavy atom. The molecule has 19 heavy (non-hydrogen) atoms. The zero-order valence-corrected chi connectivity index (χ0v) is 12.5. The Kier molecular flexibility index (Phi) is 8.03. The highest BCUT2D eigenvalue weighted by Gasteiger charge is 2.21. The van der Waals surface area contributed by atoms with Crippen LogP contribution in [0.3, 0.4) is 0 Å². The van der Waals surface area contributed by atoms with E-state index >= 15 is 0 Å². The van der Waals surface area contributed by atoms with Crippen molar-refractivity contribution in [3.05, 3.63) is 23.8 Å². The third-order valence-corrected chi connectivity index (χ3v) is 3.51. The van der Waals surface area contributed by atoms with Gasteiger partial charge < -0.3 is 14.6 Å². The van der Waals surface area contributed by atoms with Gasteiger partial charge in [-0.2, -0.15) is 0 Å². The molecule has 0 aromatic rings. The maximum atomic E-state index is 10.3. The number of rotatable bonds is 1. The van der Waals surface area contributed by atoms with Gasteiger partial charge in [-0.25, -0.2) is 0 Å². The molecule has 1 heterocycles. The van der Waals surface area contributed by atoms with Gasteiger partial charge in [0.15, 0.2) is 0 Å². The van der Waals surface area contributed by atoms with Crippen LogP contribution in [0.5, 0.6) is 0 Å². The molecule has 0 radical (unpaired) electrons. The highest BCUT2D eigenvalue weighted by Crippen LogP contribution is 2.16. The summed E-state index contributed by atoms with van der Waals surface area (Å²) in [7, 11) is 1.65. The Hall–Kier alpha value is -0.640. The Morgan fingerprint density at radius 1 is 1.32 bits per heavy atom. The van der Waals surface area contributed by atoms with Gasteiger partial charge in [0.1, 0.15) is 6.10 Å². The van der Waals surface area contributed by atoms with Crippen molar-refractivity contribution < 1.29 is 14.6 Å². The van der Waals surface area contributed by atoms with Gasteiger partial charge in [0.2, 0.25) is 0 Å². The summed E-state index contributed by atoms with van der Waals surface area (Å²) >= 11 is 0. The standard InChI is InChI=1S/C16H28O3/c1-13-11-14(2)16(17)15(18-3)9-7-5-4-6-8-10-19-12-13/h7,9,11,14-17H,4-6,8,10,12H2,1-3H3/t14?,15-,16-/m0/s1. The van der Waals surface area contributed by atoms with Crippen molar-refractivity contribution in [3.8, 4) is 0 Å². The van der Waals surface area contributed by atoms with Crippen LogP contribution in [-0.4, -0.2) is 37.6 Å². The van der Waals surface area contributed by atoms with Crippen LogP contribution in [0, 0.1) is 5.92 Å². The van der Waals surface area contributed by atoms with Crippen LogP contribution in [0.25, 0.3) is 0 Å². The maximum Gasteiger partial charge on any atom is 0.102 e. The van der Waals surface area contributed by atoms with Gasteiger partial charge in [0.05, 0.1) is 12.7 Å². The fraction of sp³-hybridized carbons (Fsp3) is 0.750. The SMILES string of the molecule is CO[C@H]1C=CCCCCCOCC(C)=CC(C)[C@@H]1O. The molecule has 0 spiro atoms. The van der Waals surface area contributed by atoms with E-state index in [4.69, 9.17) is 9.47 Å². The van der Waals surface area contributed by atoms with E-state index in [1.807, 2.05) is 19.9 Å². The predicted octanol–water partition coefficient (Wildman–Crippen LogP) is 3.09. The summed E-state index contributed by atoms with van der Waals surface area (Å²) in [5, 5.41) is 10.3. The predicted molar refractivity (Wildman–Crippen MR) is 78.2 cm³/mol. The summed E-state index contributed by atoms with van der Waals surface area (Å²) in [5.74, 6) is 0.0566. The van der Waals surface area contributed by atoms with E-state index in [0.29, 0.717) is 6.61 Å². The fourth-order valence-corrected chi connectivity index (χ4v) is 2.33. The molecule has 1 N–H and O–H groups in total. The van der Waals surface area contributed by atoms with Crippen molar-refractivity contribution in [1.82, 2.24) is 0 Å². The molecule has 1 aliphatic heterocycles. The van der Waals surface area contributed by atoms with Crippen LogP contribution in [0.15, 0.2) is 23.8 Å². The summed E-state index contributed by atoms with van der Waals surface area (Å²) in [5.41, 5.74) is 1.17. The first kappa shape index (κ1) is 16.4. The number of aliphatic hydroxyl groups excluding tert-OH is 1. The number of ether oxygens (including phenoxy) is 2. The molecule has 110 valence electrons. The molecular formula is C16H28O3. The Morgan fingerprint density at radius 3 is 2.84 bits per heavy atom. The maximum absolute atomic E-state index is 10.3. The molecule has 3 heteroatoms. The van der Waals surface area contributed by atoms with Crippen LogP contribution < -0.4 is 0 Å². The zero-order valence-electron chi connectivity index (χ0n) is 12.5. The summed E-state index contributed by atoms with van der Waals surface area (Å²) in [6.45, 7) is 5.55. The normalized spacial score (nSPS) is 31.6. The molecule has 0 saturated carbocycles. The van der Waals surface area contributed by atoms with Gasteiger partial charge >= 0.3 is 0 Å². The first-order chi connectivity index (χ1) is 9.15. The number of hydrogen-bond acceptors (Lipinski definition) is 3. The van der Waals surface area contributed by atoms with Crippen LogP contribution in [0.2, 0.25) is 0 Å². The van der Waals surface area contributed by atoms with Gasteiger partial charge in [0, 0.05) is 19.6 Å². The second kappa shape index (κ2) is 9.29. The minimum absolute atomic E-state index is 0.0566. The van der Waals surface area contributed by atoms with Crippen molar-refractivity contribution in [2.45, 2.75) is 51.7 Å². The molecule has 0 amide bonds. The monoisotopic (exact) mass is 268 g/mol. The molecule has 0 aliphatic carbocycles. The average Bonchev–Trinajstić information content (AvgIpc) is 2.39. The summed E-state index contributed by atoms with van der Waals surface area (Å²) < 4.78 is 11.0. The highest BCUT2D eigenvalue weighted by molar-refractivity contribution is 5.05. The van der Waals surface area contributed by atoms with E-state index in [1.54, 1.807) is 7.11 Å². The summed E-state index contributed by atoms with van der Waals surface area (Å²) in [4.78, 5) is 0. The number of hydrogen-bond donors (Lipinski definition) is 1. The van der Waals surface area contributed by atoms with Crippen molar-refractivity contribution >= 4 is 0 Å².